The van der Waals surface area contributed by atoms with E-state index in [1.54, 1.807) is 7.05 Å². The van der Waals surface area contributed by atoms with Crippen LogP contribution in [0.2, 0.25) is 0 Å². The first-order chi connectivity index (χ1) is 11.9. The van der Waals surface area contributed by atoms with Gasteiger partial charge in [0, 0.05) is 7.05 Å². The van der Waals surface area contributed by atoms with Crippen molar-refractivity contribution in [3.8, 4) is 0 Å². The molecule has 26 heavy (non-hydrogen) atoms. The van der Waals surface area contributed by atoms with Crippen LogP contribution in [0.5, 0.6) is 0 Å². The molecule has 2 rings (SSSR count). The summed E-state index contributed by atoms with van der Waals surface area (Å²) in [5.74, 6) is 0.784. The number of hydrogen-bond donors (Lipinski definition) is 1. The highest BCUT2D eigenvalue weighted by Crippen LogP contribution is 2.24. The van der Waals surface area contributed by atoms with Gasteiger partial charge in [-0.3, -0.25) is 0 Å². The highest BCUT2D eigenvalue weighted by molar-refractivity contribution is 7.90. The molecule has 0 aliphatic carbocycles. The average Bonchev–Trinajstić information content (AvgIpc) is 2.88. The van der Waals surface area contributed by atoms with Crippen molar-refractivity contribution < 1.29 is 8.42 Å². The molecule has 1 heterocycles. The lowest BCUT2D eigenvalue weighted by Gasteiger charge is -2.19. The number of rotatable bonds is 6. The molecule has 0 aliphatic heterocycles. The first-order valence-electron chi connectivity index (χ1n) is 8.89. The number of hydrogen-bond acceptors (Lipinski definition) is 5. The zero-order valence-electron chi connectivity index (χ0n) is 16.5. The summed E-state index contributed by atoms with van der Waals surface area (Å²) in [4.78, 5) is 0. The van der Waals surface area contributed by atoms with Gasteiger partial charge in [-0.25, -0.2) is 8.42 Å². The lowest BCUT2D eigenvalue weighted by Crippen LogP contribution is -2.19. The minimum absolute atomic E-state index is 0.0302. The van der Waals surface area contributed by atoms with Crippen molar-refractivity contribution >= 4 is 9.84 Å². The van der Waals surface area contributed by atoms with Crippen molar-refractivity contribution in [1.82, 2.24) is 14.8 Å². The van der Waals surface area contributed by atoms with E-state index in [-0.39, 0.29) is 22.4 Å². The molecule has 0 saturated carbocycles. The summed E-state index contributed by atoms with van der Waals surface area (Å²) < 4.78 is 27.1. The first kappa shape index (κ1) is 20.6. The van der Waals surface area contributed by atoms with Crippen LogP contribution in [0.4, 0.5) is 0 Å². The van der Waals surface area contributed by atoms with Crippen LogP contribution in [-0.4, -0.2) is 23.2 Å². The molecule has 0 spiro atoms. The largest absolute Gasteiger partial charge is 0.321 e. The summed E-state index contributed by atoms with van der Waals surface area (Å²) >= 11 is 0. The van der Waals surface area contributed by atoms with E-state index in [0.29, 0.717) is 11.7 Å². The number of benzene rings is 1. The van der Waals surface area contributed by atoms with Crippen molar-refractivity contribution in [2.45, 2.75) is 63.4 Å². The van der Waals surface area contributed by atoms with Gasteiger partial charge in [-0.15, -0.1) is 10.2 Å². The maximum Gasteiger partial charge on any atom is 0.249 e. The predicted octanol–water partition coefficient (Wildman–Crippen LogP) is 3.13. The molecule has 7 heteroatoms. The van der Waals surface area contributed by atoms with Crippen LogP contribution in [0, 0.1) is 5.92 Å². The minimum atomic E-state index is -3.60. The summed E-state index contributed by atoms with van der Waals surface area (Å²) in [6.45, 7) is 10.5. The van der Waals surface area contributed by atoms with E-state index in [0.717, 1.165) is 12.0 Å². The van der Waals surface area contributed by atoms with Gasteiger partial charge in [0.05, 0.1) is 11.8 Å². The molecule has 0 saturated heterocycles. The van der Waals surface area contributed by atoms with Crippen molar-refractivity contribution in [2.24, 2.45) is 18.7 Å². The Labute approximate surface area is 156 Å². The fourth-order valence-corrected chi connectivity index (χ4v) is 4.35. The molecule has 2 N–H and O–H groups in total. The van der Waals surface area contributed by atoms with E-state index < -0.39 is 9.84 Å². The minimum Gasteiger partial charge on any atom is -0.321 e. The molecule has 0 fully saturated rings. The molecular weight excluding hydrogens is 348 g/mol. The Balaban J connectivity index is 2.24. The fourth-order valence-electron chi connectivity index (χ4n) is 2.92. The Bertz CT molecular complexity index is 847. The van der Waals surface area contributed by atoms with Gasteiger partial charge in [-0.05, 0) is 28.9 Å². The van der Waals surface area contributed by atoms with Crippen LogP contribution in [0.3, 0.4) is 0 Å². The van der Waals surface area contributed by atoms with Gasteiger partial charge >= 0.3 is 0 Å². The van der Waals surface area contributed by atoms with E-state index >= 15 is 0 Å². The molecular formula is C19H30N4O2S. The van der Waals surface area contributed by atoms with Gasteiger partial charge in [0.2, 0.25) is 15.0 Å². The highest BCUT2D eigenvalue weighted by atomic mass is 32.2. The van der Waals surface area contributed by atoms with Crippen molar-refractivity contribution in [2.75, 3.05) is 0 Å². The molecule has 1 aromatic heterocycles. The number of nitrogens with zero attached hydrogens (tertiary/aromatic N) is 3. The molecule has 144 valence electrons. The molecule has 2 aromatic rings. The van der Waals surface area contributed by atoms with Gasteiger partial charge < -0.3 is 10.3 Å². The summed E-state index contributed by atoms with van der Waals surface area (Å²) in [7, 11) is -1.94. The number of sulfone groups is 1. The fraction of sp³-hybridized carbons (Fsp3) is 0.579. The Morgan fingerprint density at radius 3 is 2.19 bits per heavy atom. The SMILES string of the molecule is CC(C)C[C@H](N)c1nnc(S(=O)(=O)Cc2ccc(C(C)(C)C)cc2)n1C. The molecule has 6 nitrogen and oxygen atoms in total. The zero-order valence-corrected chi connectivity index (χ0v) is 17.3. The summed E-state index contributed by atoms with van der Waals surface area (Å²) in [6.07, 6.45) is 0.723. The smallest absolute Gasteiger partial charge is 0.249 e. The third kappa shape index (κ3) is 4.71. The molecule has 0 radical (unpaired) electrons. The third-order valence-electron chi connectivity index (χ3n) is 4.38. The Kier molecular flexibility index (Phi) is 5.92. The van der Waals surface area contributed by atoms with E-state index in [1.807, 2.05) is 24.3 Å². The summed E-state index contributed by atoms with van der Waals surface area (Å²) in [6, 6.07) is 7.35. The van der Waals surface area contributed by atoms with Crippen molar-refractivity contribution in [1.29, 1.82) is 0 Å². The number of nitrogens with two attached hydrogens (primary N) is 1. The standard InChI is InChI=1S/C19H30N4O2S/c1-13(2)11-16(20)17-21-22-18(23(17)6)26(24,25)12-14-7-9-15(10-8-14)19(3,4)5/h7-10,13,16H,11-12,20H2,1-6H3/t16-/m0/s1. The van der Waals surface area contributed by atoms with Crippen LogP contribution in [0.1, 0.15) is 64.0 Å². The first-order valence-corrected chi connectivity index (χ1v) is 10.5. The van der Waals surface area contributed by atoms with Gasteiger partial charge in [-0.1, -0.05) is 58.9 Å². The van der Waals surface area contributed by atoms with Crippen LogP contribution < -0.4 is 5.73 Å². The second-order valence-corrected chi connectivity index (χ2v) is 10.2. The van der Waals surface area contributed by atoms with E-state index in [9.17, 15) is 8.42 Å². The van der Waals surface area contributed by atoms with Crippen LogP contribution in [0.15, 0.2) is 29.4 Å². The molecule has 0 bridgehead atoms. The molecule has 0 unspecified atom stereocenters. The lowest BCUT2D eigenvalue weighted by molar-refractivity contribution is 0.478. The van der Waals surface area contributed by atoms with Gasteiger partial charge in [0.1, 0.15) is 0 Å². The second kappa shape index (κ2) is 7.48. The monoisotopic (exact) mass is 378 g/mol. The highest BCUT2D eigenvalue weighted by Gasteiger charge is 2.26. The van der Waals surface area contributed by atoms with Crippen molar-refractivity contribution in [3.05, 3.63) is 41.2 Å². The van der Waals surface area contributed by atoms with Gasteiger partial charge in [-0.2, -0.15) is 0 Å². The number of aromatic nitrogens is 3. The quantitative estimate of drug-likeness (QED) is 0.834. The molecule has 0 aliphatic rings. The average molecular weight is 379 g/mol. The van der Waals surface area contributed by atoms with E-state index in [1.165, 1.54) is 10.1 Å². The van der Waals surface area contributed by atoms with E-state index in [4.69, 9.17) is 5.73 Å². The zero-order chi connectivity index (χ0) is 19.7. The predicted molar refractivity (Wildman–Crippen MR) is 103 cm³/mol. The Hall–Kier alpha value is -1.73. The van der Waals surface area contributed by atoms with Gasteiger partial charge in [0.15, 0.2) is 5.82 Å². The summed E-state index contributed by atoms with van der Waals surface area (Å²) in [5.41, 5.74) is 8.07. The maximum atomic E-state index is 12.8. The molecule has 1 aromatic carbocycles. The summed E-state index contributed by atoms with van der Waals surface area (Å²) in [5, 5.41) is 7.91. The Morgan fingerprint density at radius 1 is 1.12 bits per heavy atom. The molecule has 0 amide bonds. The van der Waals surface area contributed by atoms with Crippen LogP contribution in [-0.2, 0) is 28.1 Å². The molecule has 1 atom stereocenters. The maximum absolute atomic E-state index is 12.8. The van der Waals surface area contributed by atoms with Crippen molar-refractivity contribution in [3.63, 3.8) is 0 Å². The third-order valence-corrected chi connectivity index (χ3v) is 6.01. The van der Waals surface area contributed by atoms with Crippen LogP contribution in [0.25, 0.3) is 0 Å². The normalized spacial score (nSPS) is 14.0. The second-order valence-electron chi connectivity index (χ2n) is 8.34. The lowest BCUT2D eigenvalue weighted by atomic mass is 9.87. The van der Waals surface area contributed by atoms with Gasteiger partial charge in [0.25, 0.3) is 0 Å². The topological polar surface area (TPSA) is 90.9 Å². The van der Waals surface area contributed by atoms with Crippen LogP contribution >= 0.6 is 0 Å². The Morgan fingerprint density at radius 2 is 1.69 bits per heavy atom. The van der Waals surface area contributed by atoms with E-state index in [2.05, 4.69) is 44.8 Å².